The number of hydrogen-bond acceptors (Lipinski definition) is 1. The summed E-state index contributed by atoms with van der Waals surface area (Å²) in [6, 6.07) is 3.48. The summed E-state index contributed by atoms with van der Waals surface area (Å²) in [5.74, 6) is -1.79. The zero-order chi connectivity index (χ0) is 11.3. The molecule has 0 atom stereocenters. The Hall–Kier alpha value is -1.49. The third kappa shape index (κ3) is 3.63. The molecule has 0 saturated heterocycles. The van der Waals surface area contributed by atoms with Gasteiger partial charge in [0.1, 0.15) is 0 Å². The Kier molecular flexibility index (Phi) is 4.17. The molecule has 2 N–H and O–H groups in total. The molecule has 0 radical (unpaired) electrons. The highest BCUT2D eigenvalue weighted by atomic mass is 32.1. The first-order valence-corrected chi connectivity index (χ1v) is 4.65. The third-order valence-corrected chi connectivity index (χ3v) is 1.83. The minimum atomic E-state index is -0.911. The molecule has 0 unspecified atom stereocenters. The first-order valence-electron chi connectivity index (χ1n) is 4.24. The minimum absolute atomic E-state index is 0.334. The van der Waals surface area contributed by atoms with E-state index in [9.17, 15) is 8.78 Å². The van der Waals surface area contributed by atoms with Crippen LogP contribution in [0.4, 0.5) is 14.5 Å². The van der Waals surface area contributed by atoms with Gasteiger partial charge in [0.05, 0.1) is 0 Å². The van der Waals surface area contributed by atoms with Gasteiger partial charge in [0, 0.05) is 18.3 Å². The number of hydrogen-bond donors (Lipinski definition) is 2. The van der Waals surface area contributed by atoms with E-state index in [2.05, 4.69) is 17.2 Å². The van der Waals surface area contributed by atoms with Gasteiger partial charge < -0.3 is 10.6 Å². The lowest BCUT2D eigenvalue weighted by atomic mass is 10.3. The zero-order valence-electron chi connectivity index (χ0n) is 7.89. The van der Waals surface area contributed by atoms with E-state index < -0.39 is 11.6 Å². The Bertz CT molecular complexity index is 380. The van der Waals surface area contributed by atoms with Gasteiger partial charge in [-0.25, -0.2) is 8.78 Å². The van der Waals surface area contributed by atoms with Gasteiger partial charge in [0.2, 0.25) is 0 Å². The predicted octanol–water partition coefficient (Wildman–Crippen LogP) is 2.44. The van der Waals surface area contributed by atoms with Crippen LogP contribution in [0.5, 0.6) is 0 Å². The van der Waals surface area contributed by atoms with Crippen LogP contribution in [0, 0.1) is 11.6 Å². The highest BCUT2D eigenvalue weighted by Crippen LogP contribution is 2.12. The molecule has 15 heavy (non-hydrogen) atoms. The highest BCUT2D eigenvalue weighted by Gasteiger charge is 2.02. The number of halogens is 2. The molecular formula is C10H10F2N2S. The van der Waals surface area contributed by atoms with Crippen LogP contribution < -0.4 is 10.6 Å². The van der Waals surface area contributed by atoms with Crippen LogP contribution in [0.15, 0.2) is 30.9 Å². The lowest BCUT2D eigenvalue weighted by Gasteiger charge is -2.08. The fraction of sp³-hybridized carbons (Fsp3) is 0.100. The van der Waals surface area contributed by atoms with Crippen molar-refractivity contribution in [2.45, 2.75) is 0 Å². The number of benzene rings is 1. The third-order valence-electron chi connectivity index (χ3n) is 1.58. The van der Waals surface area contributed by atoms with Gasteiger partial charge in [-0.1, -0.05) is 6.08 Å². The van der Waals surface area contributed by atoms with Crippen molar-refractivity contribution in [1.82, 2.24) is 5.32 Å². The molecule has 1 aromatic rings. The van der Waals surface area contributed by atoms with E-state index in [1.807, 2.05) is 0 Å². The molecule has 0 aliphatic rings. The Labute approximate surface area is 92.0 Å². The number of rotatable bonds is 3. The summed E-state index contributed by atoms with van der Waals surface area (Å²) in [6.45, 7) is 4.02. The molecular weight excluding hydrogens is 218 g/mol. The van der Waals surface area contributed by atoms with Crippen molar-refractivity contribution in [2.75, 3.05) is 11.9 Å². The molecule has 80 valence electrons. The molecule has 5 heteroatoms. The Morgan fingerprint density at radius 2 is 2.13 bits per heavy atom. The fourth-order valence-corrected chi connectivity index (χ4v) is 1.12. The highest BCUT2D eigenvalue weighted by molar-refractivity contribution is 7.80. The monoisotopic (exact) mass is 228 g/mol. The van der Waals surface area contributed by atoms with Crippen molar-refractivity contribution in [3.8, 4) is 0 Å². The van der Waals surface area contributed by atoms with Crippen molar-refractivity contribution >= 4 is 23.0 Å². The maximum Gasteiger partial charge on any atom is 0.171 e. The molecule has 0 spiro atoms. The first-order chi connectivity index (χ1) is 7.13. The van der Waals surface area contributed by atoms with Gasteiger partial charge in [-0.05, 0) is 24.4 Å². The molecule has 0 aliphatic heterocycles. The molecule has 0 aliphatic carbocycles. The lowest BCUT2D eigenvalue weighted by molar-refractivity contribution is 0.509. The number of thiocarbonyl (C=S) groups is 1. The largest absolute Gasteiger partial charge is 0.359 e. The van der Waals surface area contributed by atoms with E-state index in [1.165, 1.54) is 6.07 Å². The second-order valence-electron chi connectivity index (χ2n) is 2.75. The number of nitrogens with one attached hydrogen (secondary N) is 2. The van der Waals surface area contributed by atoms with Crippen molar-refractivity contribution in [2.24, 2.45) is 0 Å². The maximum absolute atomic E-state index is 12.8. The van der Waals surface area contributed by atoms with Gasteiger partial charge in [-0.3, -0.25) is 0 Å². The van der Waals surface area contributed by atoms with Gasteiger partial charge in [-0.15, -0.1) is 6.58 Å². The fourth-order valence-electron chi connectivity index (χ4n) is 0.914. The van der Waals surface area contributed by atoms with Gasteiger partial charge in [0.15, 0.2) is 16.7 Å². The molecule has 1 rings (SSSR count). The van der Waals surface area contributed by atoms with Crippen LogP contribution >= 0.6 is 12.2 Å². The van der Waals surface area contributed by atoms with E-state index in [4.69, 9.17) is 12.2 Å². The summed E-state index contributed by atoms with van der Waals surface area (Å²) in [6.07, 6.45) is 1.64. The van der Waals surface area contributed by atoms with Crippen LogP contribution in [-0.4, -0.2) is 11.7 Å². The summed E-state index contributed by atoms with van der Waals surface area (Å²) in [4.78, 5) is 0. The minimum Gasteiger partial charge on any atom is -0.359 e. The summed E-state index contributed by atoms with van der Waals surface area (Å²) in [5, 5.41) is 5.85. The first kappa shape index (κ1) is 11.6. The molecule has 1 aromatic carbocycles. The van der Waals surface area contributed by atoms with Crippen LogP contribution in [-0.2, 0) is 0 Å². The quantitative estimate of drug-likeness (QED) is 0.613. The SMILES string of the molecule is C=CCNC(=S)Nc1ccc(F)c(F)c1. The average molecular weight is 228 g/mol. The second kappa shape index (κ2) is 5.41. The zero-order valence-corrected chi connectivity index (χ0v) is 8.70. The summed E-state index contributed by atoms with van der Waals surface area (Å²) in [5.41, 5.74) is 0.399. The number of anilines is 1. The van der Waals surface area contributed by atoms with E-state index in [0.717, 1.165) is 12.1 Å². The molecule has 0 bridgehead atoms. The van der Waals surface area contributed by atoms with E-state index >= 15 is 0 Å². The summed E-state index contributed by atoms with van der Waals surface area (Å²) < 4.78 is 25.4. The van der Waals surface area contributed by atoms with Crippen LogP contribution in [0.2, 0.25) is 0 Å². The smallest absolute Gasteiger partial charge is 0.171 e. The van der Waals surface area contributed by atoms with Crippen LogP contribution in [0.1, 0.15) is 0 Å². The maximum atomic E-state index is 12.8. The Balaban J connectivity index is 2.60. The van der Waals surface area contributed by atoms with E-state index in [0.29, 0.717) is 17.3 Å². The molecule has 2 nitrogen and oxygen atoms in total. The van der Waals surface area contributed by atoms with E-state index in [1.54, 1.807) is 6.08 Å². The van der Waals surface area contributed by atoms with Crippen molar-refractivity contribution < 1.29 is 8.78 Å². The second-order valence-corrected chi connectivity index (χ2v) is 3.16. The van der Waals surface area contributed by atoms with Gasteiger partial charge in [-0.2, -0.15) is 0 Å². The molecule has 0 saturated carbocycles. The van der Waals surface area contributed by atoms with Crippen molar-refractivity contribution in [3.05, 3.63) is 42.5 Å². The lowest BCUT2D eigenvalue weighted by Crippen LogP contribution is -2.28. The molecule has 0 aromatic heterocycles. The predicted molar refractivity (Wildman–Crippen MR) is 60.8 cm³/mol. The van der Waals surface area contributed by atoms with Gasteiger partial charge in [0.25, 0.3) is 0 Å². The van der Waals surface area contributed by atoms with Crippen LogP contribution in [0.25, 0.3) is 0 Å². The summed E-state index contributed by atoms with van der Waals surface area (Å²) in [7, 11) is 0. The van der Waals surface area contributed by atoms with Crippen molar-refractivity contribution in [3.63, 3.8) is 0 Å². The van der Waals surface area contributed by atoms with Crippen LogP contribution in [0.3, 0.4) is 0 Å². The standard InChI is InChI=1S/C10H10F2N2S/c1-2-5-13-10(15)14-7-3-4-8(11)9(12)6-7/h2-4,6H,1,5H2,(H2,13,14,15). The summed E-state index contributed by atoms with van der Waals surface area (Å²) >= 11 is 4.89. The normalized spacial score (nSPS) is 9.47. The molecule has 0 fully saturated rings. The van der Waals surface area contributed by atoms with Crippen molar-refractivity contribution in [1.29, 1.82) is 0 Å². The Morgan fingerprint density at radius 1 is 1.40 bits per heavy atom. The molecule has 0 heterocycles. The topological polar surface area (TPSA) is 24.1 Å². The Morgan fingerprint density at radius 3 is 2.73 bits per heavy atom. The average Bonchev–Trinajstić information content (AvgIpc) is 2.20. The molecule has 0 amide bonds. The van der Waals surface area contributed by atoms with Gasteiger partial charge >= 0.3 is 0 Å². The van der Waals surface area contributed by atoms with E-state index in [-0.39, 0.29) is 0 Å².